The fourth-order valence-electron chi connectivity index (χ4n) is 12.1. The van der Waals surface area contributed by atoms with Crippen LogP contribution in [-0.2, 0) is 0 Å². The Morgan fingerprint density at radius 2 is 1.19 bits per heavy atom. The maximum atomic E-state index is 4.47. The third-order valence-electron chi connectivity index (χ3n) is 13.6. The normalized spacial score (nSPS) is 55.9. The van der Waals surface area contributed by atoms with E-state index in [1.165, 1.54) is 82.6 Å². The quantitative estimate of drug-likeness (QED) is 0.368. The molecule has 9 atom stereocenters. The zero-order valence-corrected chi connectivity index (χ0v) is 22.1. The Labute approximate surface area is 194 Å². The summed E-state index contributed by atoms with van der Waals surface area (Å²) in [5, 5.41) is 0. The van der Waals surface area contributed by atoms with Gasteiger partial charge in [-0.1, -0.05) is 66.5 Å². The van der Waals surface area contributed by atoms with Gasteiger partial charge in [0, 0.05) is 0 Å². The van der Waals surface area contributed by atoms with Crippen molar-refractivity contribution in [1.82, 2.24) is 0 Å². The van der Waals surface area contributed by atoms with Gasteiger partial charge < -0.3 is 0 Å². The van der Waals surface area contributed by atoms with Gasteiger partial charge in [-0.3, -0.25) is 0 Å². The summed E-state index contributed by atoms with van der Waals surface area (Å²) < 4.78 is 0. The monoisotopic (exact) mass is 424 g/mol. The lowest BCUT2D eigenvalue weighted by Gasteiger charge is -2.74. The summed E-state index contributed by atoms with van der Waals surface area (Å²) in [6.07, 6.45) is 17.7. The zero-order valence-electron chi connectivity index (χ0n) is 22.1. The highest BCUT2D eigenvalue weighted by Gasteiger charge is 2.69. The number of hydrogen-bond donors (Lipinski definition) is 0. The lowest BCUT2D eigenvalue weighted by Crippen LogP contribution is -2.66. The molecule has 0 saturated heterocycles. The Bertz CT molecular complexity index is 745. The molecule has 31 heavy (non-hydrogen) atoms. The van der Waals surface area contributed by atoms with Crippen molar-refractivity contribution >= 4 is 0 Å². The van der Waals surface area contributed by atoms with Gasteiger partial charge in [-0.25, -0.2) is 0 Å². The van der Waals surface area contributed by atoms with E-state index in [4.69, 9.17) is 0 Å². The van der Waals surface area contributed by atoms with Crippen molar-refractivity contribution in [1.29, 1.82) is 0 Å². The molecule has 5 aliphatic rings. The molecule has 176 valence electrons. The molecule has 0 aromatic carbocycles. The van der Waals surface area contributed by atoms with Crippen LogP contribution in [-0.4, -0.2) is 0 Å². The second kappa shape index (κ2) is 6.88. The fourth-order valence-corrected chi connectivity index (χ4v) is 12.1. The summed E-state index contributed by atoms with van der Waals surface area (Å²) in [5.41, 5.74) is 4.23. The SMILES string of the molecule is C=C(C)C1CCCC2(C)C1CCC1(C)C2CCC2C3(C)CCCC(C)(C)C3CCC21C. The van der Waals surface area contributed by atoms with Crippen LogP contribution in [0, 0.1) is 56.7 Å². The number of rotatable bonds is 1. The van der Waals surface area contributed by atoms with Gasteiger partial charge in [-0.2, -0.15) is 0 Å². The summed E-state index contributed by atoms with van der Waals surface area (Å²) in [6.45, 7) is 23.1. The van der Waals surface area contributed by atoms with Gasteiger partial charge in [0.25, 0.3) is 0 Å². The molecule has 0 nitrogen and oxygen atoms in total. The van der Waals surface area contributed by atoms with E-state index in [1.807, 2.05) is 0 Å². The lowest BCUT2D eigenvalue weighted by molar-refractivity contribution is -0.249. The Kier molecular flexibility index (Phi) is 5.00. The first-order valence-corrected chi connectivity index (χ1v) is 14.1. The Hall–Kier alpha value is -0.260. The van der Waals surface area contributed by atoms with E-state index in [1.54, 1.807) is 0 Å². The van der Waals surface area contributed by atoms with Crippen LogP contribution in [0.25, 0.3) is 0 Å². The highest BCUT2D eigenvalue weighted by molar-refractivity contribution is 5.19. The van der Waals surface area contributed by atoms with Crippen LogP contribution >= 0.6 is 0 Å². The molecule has 0 amide bonds. The maximum Gasteiger partial charge on any atom is -0.0175 e. The van der Waals surface area contributed by atoms with Gasteiger partial charge in [0.2, 0.25) is 0 Å². The third kappa shape index (κ3) is 2.78. The van der Waals surface area contributed by atoms with Gasteiger partial charge in [-0.15, -0.1) is 0 Å². The molecule has 0 heteroatoms. The second-order valence-electron chi connectivity index (χ2n) is 15.0. The molecule has 0 radical (unpaired) electrons. The van der Waals surface area contributed by atoms with Crippen molar-refractivity contribution in [3.63, 3.8) is 0 Å². The van der Waals surface area contributed by atoms with E-state index in [2.05, 4.69) is 55.0 Å². The number of allylic oxidation sites excluding steroid dienone is 1. The van der Waals surface area contributed by atoms with Crippen LogP contribution in [0.1, 0.15) is 126 Å². The van der Waals surface area contributed by atoms with E-state index < -0.39 is 0 Å². The highest BCUT2D eigenvalue weighted by atomic mass is 14.7. The molecule has 0 bridgehead atoms. The predicted octanol–water partition coefficient (Wildman–Crippen LogP) is 9.44. The van der Waals surface area contributed by atoms with Gasteiger partial charge in [0.15, 0.2) is 0 Å². The smallest absolute Gasteiger partial charge is 0.0175 e. The van der Waals surface area contributed by atoms with E-state index in [9.17, 15) is 0 Å². The van der Waals surface area contributed by atoms with Gasteiger partial charge in [0.1, 0.15) is 0 Å². The first-order valence-electron chi connectivity index (χ1n) is 14.1. The molecular weight excluding hydrogens is 372 g/mol. The van der Waals surface area contributed by atoms with Gasteiger partial charge >= 0.3 is 0 Å². The summed E-state index contributed by atoms with van der Waals surface area (Å²) in [4.78, 5) is 0. The van der Waals surface area contributed by atoms with Crippen LogP contribution < -0.4 is 0 Å². The molecule has 0 aromatic rings. The third-order valence-corrected chi connectivity index (χ3v) is 13.6. The highest BCUT2D eigenvalue weighted by Crippen LogP contribution is 2.77. The van der Waals surface area contributed by atoms with Gasteiger partial charge in [0.05, 0.1) is 0 Å². The average molecular weight is 425 g/mol. The first-order chi connectivity index (χ1) is 14.4. The molecule has 5 fully saturated rings. The minimum absolute atomic E-state index is 0.535. The predicted molar refractivity (Wildman–Crippen MR) is 134 cm³/mol. The van der Waals surface area contributed by atoms with Crippen LogP contribution in [0.15, 0.2) is 12.2 Å². The first kappa shape index (κ1) is 22.5. The minimum atomic E-state index is 0.535. The second-order valence-corrected chi connectivity index (χ2v) is 15.0. The summed E-state index contributed by atoms with van der Waals surface area (Å²) >= 11 is 0. The van der Waals surface area contributed by atoms with Crippen LogP contribution in [0.2, 0.25) is 0 Å². The van der Waals surface area contributed by atoms with Crippen LogP contribution in [0.4, 0.5) is 0 Å². The maximum absolute atomic E-state index is 4.47. The van der Waals surface area contributed by atoms with Gasteiger partial charge in [-0.05, 0) is 128 Å². The Morgan fingerprint density at radius 3 is 1.84 bits per heavy atom. The Morgan fingerprint density at radius 1 is 0.613 bits per heavy atom. The molecule has 0 aromatic heterocycles. The molecule has 5 aliphatic carbocycles. The van der Waals surface area contributed by atoms with E-state index in [0.717, 1.165) is 29.6 Å². The standard InChI is InChI=1S/C31H52/c1-21(2)22-11-9-17-28(5)23(22)14-19-30(7)25(28)12-13-26-29(6)18-10-16-27(3,4)24(29)15-20-31(26,30)8/h22-26H,1,9-20H2,2-8H3. The zero-order chi connectivity index (χ0) is 22.4. The van der Waals surface area contributed by atoms with E-state index in [-0.39, 0.29) is 0 Å². The lowest BCUT2D eigenvalue weighted by atomic mass is 9.31. The van der Waals surface area contributed by atoms with Crippen molar-refractivity contribution in [2.45, 2.75) is 126 Å². The minimum Gasteiger partial charge on any atom is -0.0999 e. The number of fused-ring (bicyclic) bond motifs is 7. The van der Waals surface area contributed by atoms with Crippen LogP contribution in [0.3, 0.4) is 0 Å². The summed E-state index contributed by atoms with van der Waals surface area (Å²) in [5.74, 6) is 4.51. The topological polar surface area (TPSA) is 0 Å². The van der Waals surface area contributed by atoms with Crippen molar-refractivity contribution in [3.8, 4) is 0 Å². The largest absolute Gasteiger partial charge is 0.0999 e. The summed E-state index contributed by atoms with van der Waals surface area (Å²) in [7, 11) is 0. The number of hydrogen-bond acceptors (Lipinski definition) is 0. The van der Waals surface area contributed by atoms with Crippen molar-refractivity contribution in [2.24, 2.45) is 56.7 Å². The van der Waals surface area contributed by atoms with Crippen molar-refractivity contribution in [3.05, 3.63) is 12.2 Å². The molecule has 9 unspecified atom stereocenters. The van der Waals surface area contributed by atoms with E-state index >= 15 is 0 Å². The molecule has 0 N–H and O–H groups in total. The van der Waals surface area contributed by atoms with Crippen molar-refractivity contribution < 1.29 is 0 Å². The average Bonchev–Trinajstić information content (AvgIpc) is 2.67. The molecular formula is C31H52. The molecule has 0 heterocycles. The Balaban J connectivity index is 1.53. The molecule has 0 aliphatic heterocycles. The van der Waals surface area contributed by atoms with Crippen molar-refractivity contribution in [2.75, 3.05) is 0 Å². The van der Waals surface area contributed by atoms with Crippen LogP contribution in [0.5, 0.6) is 0 Å². The summed E-state index contributed by atoms with van der Waals surface area (Å²) in [6, 6.07) is 0. The fraction of sp³-hybridized carbons (Fsp3) is 0.935. The molecule has 5 rings (SSSR count). The molecule has 0 spiro atoms. The van der Waals surface area contributed by atoms with E-state index in [0.29, 0.717) is 27.1 Å². The molecule has 5 saturated carbocycles.